The Morgan fingerprint density at radius 2 is 2.20 bits per heavy atom. The molecular weight excluding hydrogens is 192 g/mol. The van der Waals surface area contributed by atoms with Crippen LogP contribution in [0.5, 0.6) is 0 Å². The predicted octanol–water partition coefficient (Wildman–Crippen LogP) is 1.05. The van der Waals surface area contributed by atoms with Crippen LogP contribution >= 0.6 is 0 Å². The van der Waals surface area contributed by atoms with Crippen molar-refractivity contribution >= 4 is 11.5 Å². The van der Waals surface area contributed by atoms with Gasteiger partial charge in [0.05, 0.1) is 5.69 Å². The molecule has 5 heteroatoms. The highest BCUT2D eigenvalue weighted by atomic mass is 16.4. The van der Waals surface area contributed by atoms with Crippen LogP contribution in [-0.4, -0.2) is 20.4 Å². The van der Waals surface area contributed by atoms with Gasteiger partial charge >= 0.3 is 0 Å². The largest absolute Gasteiger partial charge is 0.409 e. The maximum absolute atomic E-state index is 8.68. The van der Waals surface area contributed by atoms with Crippen molar-refractivity contribution < 1.29 is 5.21 Å². The summed E-state index contributed by atoms with van der Waals surface area (Å²) >= 11 is 0. The van der Waals surface area contributed by atoms with Gasteiger partial charge in [-0.2, -0.15) is 0 Å². The Balaban J connectivity index is 2.82. The topological polar surface area (TPSA) is 75.9 Å². The van der Waals surface area contributed by atoms with Gasteiger partial charge in [-0.3, -0.25) is 4.40 Å². The summed E-state index contributed by atoms with van der Waals surface area (Å²) in [6, 6.07) is 3.87. The molecule has 0 fully saturated rings. The van der Waals surface area contributed by atoms with Crippen LogP contribution in [0, 0.1) is 13.8 Å². The van der Waals surface area contributed by atoms with E-state index in [0.717, 1.165) is 16.9 Å². The van der Waals surface area contributed by atoms with Crippen molar-refractivity contribution in [1.29, 1.82) is 0 Å². The van der Waals surface area contributed by atoms with E-state index in [1.807, 2.05) is 36.6 Å². The lowest BCUT2D eigenvalue weighted by molar-refractivity contribution is 0.318. The average Bonchev–Trinajstić information content (AvgIpc) is 2.52. The molecule has 2 rings (SSSR count). The highest BCUT2D eigenvalue weighted by Gasteiger charge is 2.12. The van der Waals surface area contributed by atoms with Crippen LogP contribution in [0.15, 0.2) is 23.5 Å². The molecule has 0 unspecified atom stereocenters. The summed E-state index contributed by atoms with van der Waals surface area (Å²) in [5, 5.41) is 11.7. The highest BCUT2D eigenvalue weighted by Crippen LogP contribution is 2.12. The number of hydrogen-bond donors (Lipinski definition) is 2. The molecule has 0 saturated carbocycles. The summed E-state index contributed by atoms with van der Waals surface area (Å²) in [4.78, 5) is 4.31. The molecule has 0 saturated heterocycles. The molecule has 5 nitrogen and oxygen atoms in total. The fourth-order valence-corrected chi connectivity index (χ4v) is 1.62. The number of aryl methyl sites for hydroxylation is 2. The number of nitrogens with zero attached hydrogens (tertiary/aromatic N) is 3. The molecule has 0 radical (unpaired) electrons. The third-order valence-corrected chi connectivity index (χ3v) is 2.29. The number of pyridine rings is 1. The van der Waals surface area contributed by atoms with Crippen LogP contribution in [-0.2, 0) is 0 Å². The van der Waals surface area contributed by atoms with Gasteiger partial charge in [0.25, 0.3) is 0 Å². The van der Waals surface area contributed by atoms with E-state index in [4.69, 9.17) is 10.9 Å². The van der Waals surface area contributed by atoms with Crippen LogP contribution in [0.2, 0.25) is 0 Å². The molecule has 0 aliphatic carbocycles. The Labute approximate surface area is 86.8 Å². The third-order valence-electron chi connectivity index (χ3n) is 2.29. The Morgan fingerprint density at radius 3 is 2.87 bits per heavy atom. The first-order valence-electron chi connectivity index (χ1n) is 4.56. The number of rotatable bonds is 1. The summed E-state index contributed by atoms with van der Waals surface area (Å²) < 4.78 is 1.82. The fraction of sp³-hybridized carbons (Fsp3) is 0.200. The number of imidazole rings is 1. The van der Waals surface area contributed by atoms with Crippen molar-refractivity contribution in [3.05, 3.63) is 35.3 Å². The van der Waals surface area contributed by atoms with Gasteiger partial charge < -0.3 is 10.9 Å². The van der Waals surface area contributed by atoms with Crippen molar-refractivity contribution in [2.24, 2.45) is 10.9 Å². The molecule has 0 aliphatic heterocycles. The number of hydrogen-bond acceptors (Lipinski definition) is 3. The van der Waals surface area contributed by atoms with Gasteiger partial charge in [0.1, 0.15) is 11.3 Å². The molecule has 0 aromatic carbocycles. The Morgan fingerprint density at radius 1 is 1.47 bits per heavy atom. The first-order chi connectivity index (χ1) is 7.13. The van der Waals surface area contributed by atoms with E-state index in [0.29, 0.717) is 5.69 Å². The molecule has 15 heavy (non-hydrogen) atoms. The van der Waals surface area contributed by atoms with E-state index in [1.165, 1.54) is 0 Å². The van der Waals surface area contributed by atoms with Gasteiger partial charge in [0.15, 0.2) is 5.84 Å². The molecule has 2 aromatic rings. The number of amidine groups is 1. The second-order valence-corrected chi connectivity index (χ2v) is 3.47. The Hall–Kier alpha value is -2.04. The van der Waals surface area contributed by atoms with Gasteiger partial charge in [-0.05, 0) is 25.5 Å². The van der Waals surface area contributed by atoms with Crippen LogP contribution in [0.25, 0.3) is 5.65 Å². The number of aromatic nitrogens is 2. The third kappa shape index (κ3) is 1.41. The minimum absolute atomic E-state index is 0.0746. The van der Waals surface area contributed by atoms with Gasteiger partial charge in [-0.25, -0.2) is 4.98 Å². The van der Waals surface area contributed by atoms with E-state index in [2.05, 4.69) is 10.1 Å². The normalized spacial score (nSPS) is 12.3. The van der Waals surface area contributed by atoms with Crippen molar-refractivity contribution in [1.82, 2.24) is 9.38 Å². The molecular formula is C10H12N4O. The molecule has 0 atom stereocenters. The van der Waals surface area contributed by atoms with Gasteiger partial charge in [0, 0.05) is 6.20 Å². The molecule has 3 N–H and O–H groups in total. The minimum Gasteiger partial charge on any atom is -0.409 e. The van der Waals surface area contributed by atoms with E-state index in [-0.39, 0.29) is 5.84 Å². The SMILES string of the molecule is Cc1ccc2nc(C)c(/C(N)=N\O)n2c1. The predicted molar refractivity (Wildman–Crippen MR) is 57.2 cm³/mol. The lowest BCUT2D eigenvalue weighted by Crippen LogP contribution is -2.16. The zero-order valence-corrected chi connectivity index (χ0v) is 8.60. The average molecular weight is 204 g/mol. The summed E-state index contributed by atoms with van der Waals surface area (Å²) in [5.41, 5.74) is 8.86. The summed E-state index contributed by atoms with van der Waals surface area (Å²) in [6.45, 7) is 3.81. The standard InChI is InChI=1S/C10H12N4O/c1-6-3-4-8-12-7(2)9(10(11)13-15)14(8)5-6/h3-5,15H,1-2H3,(H2,11,13). The molecule has 0 bridgehead atoms. The molecule has 2 heterocycles. The quantitative estimate of drug-likeness (QED) is 0.315. The summed E-state index contributed by atoms with van der Waals surface area (Å²) in [7, 11) is 0. The Bertz CT molecular complexity index is 542. The summed E-state index contributed by atoms with van der Waals surface area (Å²) in [6.07, 6.45) is 1.91. The molecule has 0 aliphatic rings. The van der Waals surface area contributed by atoms with Crippen molar-refractivity contribution in [2.75, 3.05) is 0 Å². The monoisotopic (exact) mass is 204 g/mol. The van der Waals surface area contributed by atoms with Crippen LogP contribution in [0.1, 0.15) is 17.0 Å². The summed E-state index contributed by atoms with van der Waals surface area (Å²) in [5.74, 6) is 0.0746. The van der Waals surface area contributed by atoms with Gasteiger partial charge in [0.2, 0.25) is 0 Å². The van der Waals surface area contributed by atoms with Crippen molar-refractivity contribution in [3.63, 3.8) is 0 Å². The lowest BCUT2D eigenvalue weighted by Gasteiger charge is -2.01. The maximum Gasteiger partial charge on any atom is 0.189 e. The minimum atomic E-state index is 0.0746. The van der Waals surface area contributed by atoms with E-state index < -0.39 is 0 Å². The van der Waals surface area contributed by atoms with E-state index >= 15 is 0 Å². The first-order valence-corrected chi connectivity index (χ1v) is 4.56. The number of fused-ring (bicyclic) bond motifs is 1. The zero-order chi connectivity index (χ0) is 11.0. The van der Waals surface area contributed by atoms with Gasteiger partial charge in [-0.15, -0.1) is 0 Å². The fourth-order valence-electron chi connectivity index (χ4n) is 1.62. The highest BCUT2D eigenvalue weighted by molar-refractivity contribution is 5.97. The first kappa shape index (κ1) is 9.51. The van der Waals surface area contributed by atoms with Crippen LogP contribution < -0.4 is 5.73 Å². The second-order valence-electron chi connectivity index (χ2n) is 3.47. The molecule has 0 spiro atoms. The number of nitrogens with two attached hydrogens (primary N) is 1. The maximum atomic E-state index is 8.68. The zero-order valence-electron chi connectivity index (χ0n) is 8.60. The molecule has 0 amide bonds. The smallest absolute Gasteiger partial charge is 0.189 e. The van der Waals surface area contributed by atoms with Crippen molar-refractivity contribution in [2.45, 2.75) is 13.8 Å². The van der Waals surface area contributed by atoms with Crippen LogP contribution in [0.4, 0.5) is 0 Å². The van der Waals surface area contributed by atoms with Crippen LogP contribution in [0.3, 0.4) is 0 Å². The molecule has 78 valence electrons. The Kier molecular flexibility index (Phi) is 2.07. The molecule has 2 aromatic heterocycles. The second kappa shape index (κ2) is 3.27. The van der Waals surface area contributed by atoms with E-state index in [1.54, 1.807) is 0 Å². The van der Waals surface area contributed by atoms with Gasteiger partial charge in [-0.1, -0.05) is 11.2 Å². The number of oxime groups is 1. The van der Waals surface area contributed by atoms with Crippen molar-refractivity contribution in [3.8, 4) is 0 Å². The lowest BCUT2D eigenvalue weighted by atomic mass is 10.3. The van der Waals surface area contributed by atoms with E-state index in [9.17, 15) is 0 Å².